The molecule has 0 aliphatic carbocycles. The topological polar surface area (TPSA) is 129 Å². The first-order chi connectivity index (χ1) is 16.5. The number of carbonyl (C=O) groups excluding carboxylic acids is 1. The van der Waals surface area contributed by atoms with Crippen LogP contribution in [0.5, 0.6) is 0 Å². The van der Waals surface area contributed by atoms with Gasteiger partial charge in [0.2, 0.25) is 5.91 Å². The number of aliphatic carboxylic acids is 1. The summed E-state index contributed by atoms with van der Waals surface area (Å²) in [6.45, 7) is 0. The van der Waals surface area contributed by atoms with Gasteiger partial charge in [0, 0.05) is 18.9 Å². The van der Waals surface area contributed by atoms with E-state index in [4.69, 9.17) is 16.7 Å². The third-order valence-electron chi connectivity index (χ3n) is 5.47. The minimum absolute atomic E-state index is 0.0842. The number of carboxylic acids is 1. The van der Waals surface area contributed by atoms with E-state index in [9.17, 15) is 22.4 Å². The number of likely N-dealkylation sites (N-methyl/N-ethyl adjacent to an activating group) is 1. The maximum Gasteiger partial charge on any atom is 0.307 e. The molecule has 3 aromatic rings. The second-order valence-corrected chi connectivity index (χ2v) is 11.1. The Kier molecular flexibility index (Phi) is 7.20. The minimum Gasteiger partial charge on any atom is -0.481 e. The Morgan fingerprint density at radius 1 is 1.29 bits per heavy atom. The first-order valence-electron chi connectivity index (χ1n) is 10.3. The fourth-order valence-electron chi connectivity index (χ4n) is 3.62. The van der Waals surface area contributed by atoms with Gasteiger partial charge >= 0.3 is 5.97 Å². The third-order valence-corrected chi connectivity index (χ3v) is 8.52. The lowest BCUT2D eigenvalue weighted by atomic mass is 10.1. The summed E-state index contributed by atoms with van der Waals surface area (Å²) in [4.78, 5) is 28.9. The van der Waals surface area contributed by atoms with Crippen LogP contribution in [-0.4, -0.2) is 47.8 Å². The average molecular weight is 539 g/mol. The van der Waals surface area contributed by atoms with Crippen molar-refractivity contribution < 1.29 is 27.5 Å². The van der Waals surface area contributed by atoms with Crippen molar-refractivity contribution in [2.75, 3.05) is 12.4 Å². The summed E-state index contributed by atoms with van der Waals surface area (Å²) in [5, 5.41) is 11.8. The van der Waals surface area contributed by atoms with Crippen molar-refractivity contribution in [3.63, 3.8) is 0 Å². The Labute approximate surface area is 209 Å². The molecule has 0 radical (unpaired) electrons. The van der Waals surface area contributed by atoms with E-state index < -0.39 is 40.0 Å². The summed E-state index contributed by atoms with van der Waals surface area (Å²) < 4.78 is 42.4. The van der Waals surface area contributed by atoms with Crippen LogP contribution in [0.4, 0.5) is 10.1 Å². The Morgan fingerprint density at radius 2 is 2.00 bits per heavy atom. The summed E-state index contributed by atoms with van der Waals surface area (Å²) >= 11 is 7.04. The third kappa shape index (κ3) is 5.68. The number of anilines is 1. The highest BCUT2D eigenvalue weighted by atomic mass is 35.5. The van der Waals surface area contributed by atoms with E-state index in [0.29, 0.717) is 10.6 Å². The zero-order chi connectivity index (χ0) is 25.3. The van der Waals surface area contributed by atoms with E-state index in [1.807, 2.05) is 0 Å². The Balaban J connectivity index is 1.53. The van der Waals surface area contributed by atoms with Gasteiger partial charge in [-0.05, 0) is 35.7 Å². The average Bonchev–Trinajstić information content (AvgIpc) is 3.28. The number of thiazole rings is 1. The molecule has 1 amide bonds. The molecule has 2 heterocycles. The number of carboxylic acid groups (broad SMARTS) is 1. The molecule has 1 fully saturated rings. The van der Waals surface area contributed by atoms with Gasteiger partial charge in [0.25, 0.3) is 10.2 Å². The molecule has 1 aliphatic heterocycles. The molecule has 1 aromatic heterocycles. The van der Waals surface area contributed by atoms with Gasteiger partial charge in [0.15, 0.2) is 0 Å². The van der Waals surface area contributed by atoms with Crippen LogP contribution < -0.4 is 10.0 Å². The molecule has 9 nitrogen and oxygen atoms in total. The zero-order valence-corrected chi connectivity index (χ0v) is 20.6. The molecule has 2 atom stereocenters. The molecule has 35 heavy (non-hydrogen) atoms. The molecule has 184 valence electrons. The molecule has 0 unspecified atom stereocenters. The second kappa shape index (κ2) is 9.99. The lowest BCUT2D eigenvalue weighted by Crippen LogP contribution is -2.55. The quantitative estimate of drug-likeness (QED) is 0.441. The van der Waals surface area contributed by atoms with Gasteiger partial charge in [-0.2, -0.15) is 17.4 Å². The lowest BCUT2D eigenvalue weighted by molar-refractivity contribution is -0.136. The number of carbonyl (C=O) groups is 2. The van der Waals surface area contributed by atoms with Crippen molar-refractivity contribution in [1.82, 2.24) is 14.0 Å². The summed E-state index contributed by atoms with van der Waals surface area (Å²) in [7, 11) is -2.69. The van der Waals surface area contributed by atoms with Crippen molar-refractivity contribution in [3.05, 3.63) is 70.1 Å². The standard InChI is InChI=1S/C22H20ClFN4O5S2/c1-28-18(21(31)26-14-6-7-16(24)15(23)9-14)10-17(27-35(28,32)33)22-25-11-19(34-22)13-4-2-12(3-5-13)8-20(29)30/h2-7,9,11,17-18,27H,8,10H2,1H3,(H,26,31)(H,29,30)/t17-,18+/m1/s1. The zero-order valence-electron chi connectivity index (χ0n) is 18.2. The normalized spacial score (nSPS) is 19.9. The van der Waals surface area contributed by atoms with Crippen molar-refractivity contribution in [3.8, 4) is 10.4 Å². The number of rotatable bonds is 6. The predicted molar refractivity (Wildman–Crippen MR) is 130 cm³/mol. The largest absolute Gasteiger partial charge is 0.481 e. The first kappa shape index (κ1) is 25.2. The fraction of sp³-hybridized carbons (Fsp3) is 0.227. The SMILES string of the molecule is CN1[C@H](C(=O)Nc2ccc(F)c(Cl)c2)C[C@H](c2ncc(-c3ccc(CC(=O)O)cc3)s2)NS1(=O)=O. The number of benzene rings is 2. The molecule has 13 heteroatoms. The molecule has 4 rings (SSSR count). The highest BCUT2D eigenvalue weighted by molar-refractivity contribution is 7.87. The van der Waals surface area contributed by atoms with Crippen LogP contribution in [0.3, 0.4) is 0 Å². The van der Waals surface area contributed by atoms with Crippen molar-refractivity contribution in [2.45, 2.75) is 24.9 Å². The maximum atomic E-state index is 13.4. The van der Waals surface area contributed by atoms with E-state index >= 15 is 0 Å². The maximum absolute atomic E-state index is 13.4. The van der Waals surface area contributed by atoms with E-state index in [2.05, 4.69) is 15.0 Å². The molecule has 0 saturated carbocycles. The van der Waals surface area contributed by atoms with Crippen molar-refractivity contribution >= 4 is 50.7 Å². The molecular formula is C22H20ClFN4O5S2. The molecule has 0 bridgehead atoms. The molecule has 2 aromatic carbocycles. The van der Waals surface area contributed by atoms with Gasteiger partial charge < -0.3 is 10.4 Å². The van der Waals surface area contributed by atoms with Crippen molar-refractivity contribution in [1.29, 1.82) is 0 Å². The number of halogens is 2. The second-order valence-electron chi connectivity index (χ2n) is 7.89. The number of nitrogens with one attached hydrogen (secondary N) is 2. The van der Waals surface area contributed by atoms with E-state index in [1.165, 1.54) is 30.5 Å². The van der Waals surface area contributed by atoms with E-state index in [0.717, 1.165) is 20.8 Å². The number of nitrogens with zero attached hydrogens (tertiary/aromatic N) is 2. The molecule has 1 aliphatic rings. The minimum atomic E-state index is -3.99. The molecular weight excluding hydrogens is 519 g/mol. The van der Waals surface area contributed by atoms with Gasteiger partial charge in [0.05, 0.1) is 22.4 Å². The fourth-order valence-corrected chi connectivity index (χ4v) is 6.11. The van der Waals surface area contributed by atoms with Crippen LogP contribution in [0.2, 0.25) is 5.02 Å². The summed E-state index contributed by atoms with van der Waals surface area (Å²) in [6.07, 6.45) is 1.63. The van der Waals surface area contributed by atoms with E-state index in [-0.39, 0.29) is 23.6 Å². The summed E-state index contributed by atoms with van der Waals surface area (Å²) in [6, 6.07) is 8.88. The highest BCUT2D eigenvalue weighted by Crippen LogP contribution is 2.34. The van der Waals surface area contributed by atoms with Crippen LogP contribution in [0, 0.1) is 5.82 Å². The predicted octanol–water partition coefficient (Wildman–Crippen LogP) is 3.45. The first-order valence-corrected chi connectivity index (χ1v) is 12.9. The molecule has 1 saturated heterocycles. The summed E-state index contributed by atoms with van der Waals surface area (Å²) in [5.74, 6) is -2.15. The van der Waals surface area contributed by atoms with Crippen molar-refractivity contribution in [2.24, 2.45) is 0 Å². The summed E-state index contributed by atoms with van der Waals surface area (Å²) in [5.41, 5.74) is 1.71. The Bertz CT molecular complexity index is 1380. The Morgan fingerprint density at radius 3 is 2.66 bits per heavy atom. The molecule has 3 N–H and O–H groups in total. The smallest absolute Gasteiger partial charge is 0.307 e. The van der Waals surface area contributed by atoms with Crippen LogP contribution in [0.25, 0.3) is 10.4 Å². The highest BCUT2D eigenvalue weighted by Gasteiger charge is 2.41. The monoisotopic (exact) mass is 538 g/mol. The van der Waals surface area contributed by atoms with Crippen LogP contribution in [-0.2, 0) is 26.2 Å². The number of hydrogen-bond acceptors (Lipinski definition) is 6. The number of aromatic nitrogens is 1. The van der Waals surface area contributed by atoms with Gasteiger partial charge in [-0.1, -0.05) is 35.9 Å². The Hall–Kier alpha value is -2.90. The van der Waals surface area contributed by atoms with Gasteiger partial charge in [-0.3, -0.25) is 9.59 Å². The van der Waals surface area contributed by atoms with Gasteiger partial charge in [-0.15, -0.1) is 11.3 Å². The van der Waals surface area contributed by atoms with Gasteiger partial charge in [-0.25, -0.2) is 9.37 Å². The number of hydrogen-bond donors (Lipinski definition) is 3. The van der Waals surface area contributed by atoms with Crippen LogP contribution in [0.1, 0.15) is 23.0 Å². The number of amides is 1. The molecule has 0 spiro atoms. The van der Waals surface area contributed by atoms with Crippen LogP contribution in [0.15, 0.2) is 48.7 Å². The lowest BCUT2D eigenvalue weighted by Gasteiger charge is -2.35. The van der Waals surface area contributed by atoms with Crippen LogP contribution >= 0.6 is 22.9 Å². The van der Waals surface area contributed by atoms with Gasteiger partial charge in [0.1, 0.15) is 16.9 Å². The van der Waals surface area contributed by atoms with E-state index in [1.54, 1.807) is 30.5 Å².